The van der Waals surface area contributed by atoms with Gasteiger partial charge in [0.15, 0.2) is 0 Å². The zero-order valence-corrected chi connectivity index (χ0v) is 10.9. The number of ether oxygens (including phenoxy) is 1. The summed E-state index contributed by atoms with van der Waals surface area (Å²) in [5, 5.41) is 2.46. The normalized spacial score (nSPS) is 11.2. The number of hydrogen-bond donors (Lipinski definition) is 1. The van der Waals surface area contributed by atoms with Gasteiger partial charge in [0, 0.05) is 6.54 Å². The molecule has 0 rings (SSSR count). The van der Waals surface area contributed by atoms with Gasteiger partial charge in [0.2, 0.25) is 0 Å². The number of hydrogen-bond acceptors (Lipinski definition) is 5. The van der Waals surface area contributed by atoms with E-state index >= 15 is 0 Å². The van der Waals surface area contributed by atoms with Crippen LogP contribution in [0.1, 0.15) is 20.8 Å². The van der Waals surface area contributed by atoms with E-state index in [9.17, 15) is 9.36 Å². The maximum atomic E-state index is 11.9. The molecule has 0 saturated carbocycles. The molecule has 0 radical (unpaired) electrons. The lowest BCUT2D eigenvalue weighted by Gasteiger charge is -2.16. The molecule has 0 aromatic carbocycles. The summed E-state index contributed by atoms with van der Waals surface area (Å²) in [4.78, 5) is 10.9. The molecule has 0 bridgehead atoms. The first-order chi connectivity index (χ1) is 7.58. The Bertz CT molecular complexity index is 236. The second-order valence-electron chi connectivity index (χ2n) is 2.84. The summed E-state index contributed by atoms with van der Waals surface area (Å²) >= 11 is 0. The van der Waals surface area contributed by atoms with Crippen LogP contribution in [0.5, 0.6) is 0 Å². The monoisotopic (exact) mass is 253 g/mol. The second-order valence-corrected chi connectivity index (χ2v) is 5.02. The summed E-state index contributed by atoms with van der Waals surface area (Å²) in [5.74, 6) is 0. The third-order valence-corrected chi connectivity index (χ3v) is 3.60. The molecule has 96 valence electrons. The van der Waals surface area contributed by atoms with E-state index in [1.807, 2.05) is 0 Å². The molecule has 1 amide bonds. The molecule has 0 aromatic heterocycles. The molecule has 0 atom stereocenters. The Morgan fingerprint density at radius 1 is 1.19 bits per heavy atom. The lowest BCUT2D eigenvalue weighted by molar-refractivity contribution is 0.149. The molecule has 0 aromatic rings. The molecular formula is C9H20NO5P. The van der Waals surface area contributed by atoms with E-state index in [-0.39, 0.29) is 12.8 Å². The van der Waals surface area contributed by atoms with E-state index in [1.54, 1.807) is 20.8 Å². The fourth-order valence-corrected chi connectivity index (χ4v) is 2.44. The molecule has 16 heavy (non-hydrogen) atoms. The molecule has 0 saturated heterocycles. The summed E-state index contributed by atoms with van der Waals surface area (Å²) in [6.07, 6.45) is -0.451. The predicted octanol–water partition coefficient (Wildman–Crippen LogP) is 2.00. The molecule has 6 nitrogen and oxygen atoms in total. The van der Waals surface area contributed by atoms with Crippen LogP contribution < -0.4 is 5.32 Å². The highest BCUT2D eigenvalue weighted by Crippen LogP contribution is 2.47. The summed E-state index contributed by atoms with van der Waals surface area (Å²) in [6.45, 7) is 6.37. The molecule has 1 N–H and O–H groups in total. The van der Waals surface area contributed by atoms with Gasteiger partial charge < -0.3 is 19.1 Å². The third kappa shape index (κ3) is 6.82. The zero-order chi connectivity index (χ0) is 12.4. The van der Waals surface area contributed by atoms with E-state index in [2.05, 4.69) is 5.32 Å². The standard InChI is InChI=1S/C9H20NO5P/c1-4-10-9(11)13-7-8-16(12,14-5-2)15-6-3/h4-8H2,1-3H3,(H,10,11). The van der Waals surface area contributed by atoms with Gasteiger partial charge in [-0.3, -0.25) is 4.57 Å². The molecular weight excluding hydrogens is 233 g/mol. The Labute approximate surface area is 96.2 Å². The Kier molecular flexibility index (Phi) is 8.25. The molecule has 0 heterocycles. The molecule has 0 aliphatic carbocycles. The highest BCUT2D eigenvalue weighted by Gasteiger charge is 2.23. The lowest BCUT2D eigenvalue weighted by atomic mass is 10.7. The molecule has 0 unspecified atom stereocenters. The minimum atomic E-state index is -3.10. The van der Waals surface area contributed by atoms with Gasteiger partial charge in [-0.15, -0.1) is 0 Å². The van der Waals surface area contributed by atoms with Crippen LogP contribution in [0.4, 0.5) is 4.79 Å². The Morgan fingerprint density at radius 2 is 1.75 bits per heavy atom. The zero-order valence-electron chi connectivity index (χ0n) is 10.0. The van der Waals surface area contributed by atoms with Crippen LogP contribution in [0.25, 0.3) is 0 Å². The van der Waals surface area contributed by atoms with Crippen molar-refractivity contribution in [2.45, 2.75) is 20.8 Å². The largest absolute Gasteiger partial charge is 0.449 e. The Hall–Kier alpha value is -0.580. The molecule has 0 spiro atoms. The fraction of sp³-hybridized carbons (Fsp3) is 0.889. The summed E-state index contributed by atoms with van der Waals surface area (Å²) in [5.41, 5.74) is 0. The van der Waals surface area contributed by atoms with Crippen LogP contribution in [0.15, 0.2) is 0 Å². The lowest BCUT2D eigenvalue weighted by Crippen LogP contribution is -2.25. The quantitative estimate of drug-likeness (QED) is 0.670. The van der Waals surface area contributed by atoms with Gasteiger partial charge in [-0.05, 0) is 20.8 Å². The Balaban J connectivity index is 3.93. The van der Waals surface area contributed by atoms with E-state index in [0.29, 0.717) is 19.8 Å². The number of rotatable bonds is 8. The van der Waals surface area contributed by atoms with Crippen molar-refractivity contribution in [1.82, 2.24) is 5.32 Å². The van der Waals surface area contributed by atoms with Gasteiger partial charge >= 0.3 is 13.7 Å². The highest BCUT2D eigenvalue weighted by atomic mass is 31.2. The number of amides is 1. The van der Waals surface area contributed by atoms with Crippen LogP contribution in [0, 0.1) is 0 Å². The van der Waals surface area contributed by atoms with Crippen molar-refractivity contribution >= 4 is 13.7 Å². The van der Waals surface area contributed by atoms with Gasteiger partial charge in [0.1, 0.15) is 6.61 Å². The highest BCUT2D eigenvalue weighted by molar-refractivity contribution is 7.53. The van der Waals surface area contributed by atoms with E-state index in [1.165, 1.54) is 0 Å². The Morgan fingerprint density at radius 3 is 2.19 bits per heavy atom. The number of nitrogens with one attached hydrogen (secondary N) is 1. The van der Waals surface area contributed by atoms with E-state index in [0.717, 1.165) is 0 Å². The summed E-state index contributed by atoms with van der Waals surface area (Å²) in [6, 6.07) is 0. The van der Waals surface area contributed by atoms with Gasteiger partial charge in [-0.1, -0.05) is 0 Å². The molecule has 0 aliphatic heterocycles. The molecule has 7 heteroatoms. The van der Waals surface area contributed by atoms with Crippen molar-refractivity contribution in [2.75, 3.05) is 32.5 Å². The number of carbonyl (C=O) groups excluding carboxylic acids is 1. The van der Waals surface area contributed by atoms with Gasteiger partial charge in [0.25, 0.3) is 0 Å². The van der Waals surface area contributed by atoms with Gasteiger partial charge in [-0.25, -0.2) is 4.79 Å². The van der Waals surface area contributed by atoms with Crippen LogP contribution in [-0.4, -0.2) is 38.6 Å². The topological polar surface area (TPSA) is 73.9 Å². The van der Waals surface area contributed by atoms with Crippen molar-refractivity contribution in [1.29, 1.82) is 0 Å². The third-order valence-electron chi connectivity index (χ3n) is 1.57. The van der Waals surface area contributed by atoms with Gasteiger partial charge in [0.05, 0.1) is 19.4 Å². The van der Waals surface area contributed by atoms with Crippen molar-refractivity contribution in [2.24, 2.45) is 0 Å². The SMILES string of the molecule is CCNC(=O)OCCP(=O)(OCC)OCC. The van der Waals surface area contributed by atoms with Crippen molar-refractivity contribution in [3.05, 3.63) is 0 Å². The van der Waals surface area contributed by atoms with Crippen molar-refractivity contribution in [3.63, 3.8) is 0 Å². The first-order valence-electron chi connectivity index (χ1n) is 5.36. The fourth-order valence-electron chi connectivity index (χ4n) is 1.01. The van der Waals surface area contributed by atoms with Gasteiger partial charge in [-0.2, -0.15) is 0 Å². The van der Waals surface area contributed by atoms with Crippen molar-refractivity contribution in [3.8, 4) is 0 Å². The molecule has 0 fully saturated rings. The average Bonchev–Trinajstić information content (AvgIpc) is 2.18. The maximum absolute atomic E-state index is 11.9. The minimum absolute atomic E-state index is 0.0170. The summed E-state index contributed by atoms with van der Waals surface area (Å²) in [7, 11) is -3.10. The van der Waals surface area contributed by atoms with Crippen LogP contribution in [0.3, 0.4) is 0 Å². The predicted molar refractivity (Wildman–Crippen MR) is 60.8 cm³/mol. The molecule has 0 aliphatic rings. The van der Waals surface area contributed by atoms with Crippen LogP contribution >= 0.6 is 7.60 Å². The second kappa shape index (κ2) is 8.56. The smallest absolute Gasteiger partial charge is 0.407 e. The average molecular weight is 253 g/mol. The first kappa shape index (κ1) is 15.4. The number of alkyl carbamates (subject to hydrolysis) is 1. The maximum Gasteiger partial charge on any atom is 0.407 e. The van der Waals surface area contributed by atoms with Crippen LogP contribution in [0.2, 0.25) is 0 Å². The first-order valence-corrected chi connectivity index (χ1v) is 7.09. The van der Waals surface area contributed by atoms with Crippen molar-refractivity contribution < 1.29 is 23.1 Å². The van der Waals surface area contributed by atoms with E-state index in [4.69, 9.17) is 13.8 Å². The number of carbonyl (C=O) groups is 1. The van der Waals surface area contributed by atoms with Crippen LogP contribution in [-0.2, 0) is 18.3 Å². The van der Waals surface area contributed by atoms with E-state index < -0.39 is 13.7 Å². The summed E-state index contributed by atoms with van der Waals surface area (Å²) < 4.78 is 26.8. The minimum Gasteiger partial charge on any atom is -0.449 e.